The Labute approximate surface area is 174 Å². The summed E-state index contributed by atoms with van der Waals surface area (Å²) < 4.78 is 7.39. The van der Waals surface area contributed by atoms with Crippen molar-refractivity contribution in [2.24, 2.45) is 0 Å². The fourth-order valence-electron chi connectivity index (χ4n) is 3.02. The molecule has 3 aromatic carbocycles. The average molecular weight is 403 g/mol. The molecule has 146 valence electrons. The number of thioether (sulfide) groups is 1. The second kappa shape index (κ2) is 8.53. The SMILES string of the molecule is Cc1ccc(CSc2nc3ccccc3n2C(=O)COc2ccc(C)cc2)cc1. The van der Waals surface area contributed by atoms with E-state index >= 15 is 0 Å². The first-order valence-electron chi connectivity index (χ1n) is 9.48. The van der Waals surface area contributed by atoms with Crippen LogP contribution in [0.15, 0.2) is 78.0 Å². The van der Waals surface area contributed by atoms with Crippen molar-refractivity contribution in [3.05, 3.63) is 89.5 Å². The molecule has 1 aromatic heterocycles. The number of ether oxygens (including phenoxy) is 1. The molecule has 0 unspecified atom stereocenters. The van der Waals surface area contributed by atoms with Gasteiger partial charge in [0, 0.05) is 5.75 Å². The maximum Gasteiger partial charge on any atom is 0.271 e. The Kier molecular flexibility index (Phi) is 5.67. The highest BCUT2D eigenvalue weighted by atomic mass is 32.2. The summed E-state index contributed by atoms with van der Waals surface area (Å²) in [6.45, 7) is 4.05. The van der Waals surface area contributed by atoms with Gasteiger partial charge < -0.3 is 4.74 Å². The van der Waals surface area contributed by atoms with E-state index in [1.807, 2.05) is 55.5 Å². The van der Waals surface area contributed by atoms with Crippen LogP contribution in [0.25, 0.3) is 11.0 Å². The number of hydrogen-bond acceptors (Lipinski definition) is 4. The Morgan fingerprint density at radius 1 is 0.931 bits per heavy atom. The van der Waals surface area contributed by atoms with Crippen LogP contribution in [0.5, 0.6) is 5.75 Å². The van der Waals surface area contributed by atoms with Gasteiger partial charge in [-0.05, 0) is 43.7 Å². The van der Waals surface area contributed by atoms with Gasteiger partial charge in [-0.1, -0.05) is 71.4 Å². The number of benzene rings is 3. The molecule has 0 radical (unpaired) electrons. The molecule has 0 fully saturated rings. The lowest BCUT2D eigenvalue weighted by molar-refractivity contribution is 0.0832. The minimum atomic E-state index is -0.134. The topological polar surface area (TPSA) is 44.1 Å². The van der Waals surface area contributed by atoms with E-state index in [9.17, 15) is 4.79 Å². The maximum absolute atomic E-state index is 13.0. The van der Waals surface area contributed by atoms with Gasteiger partial charge in [-0.25, -0.2) is 4.98 Å². The smallest absolute Gasteiger partial charge is 0.271 e. The Hall–Kier alpha value is -3.05. The minimum Gasteiger partial charge on any atom is -0.484 e. The number of rotatable bonds is 6. The largest absolute Gasteiger partial charge is 0.484 e. The summed E-state index contributed by atoms with van der Waals surface area (Å²) in [6, 6.07) is 23.8. The fraction of sp³-hybridized carbons (Fsp3) is 0.167. The van der Waals surface area contributed by atoms with Gasteiger partial charge in [0.1, 0.15) is 5.75 Å². The van der Waals surface area contributed by atoms with Gasteiger partial charge in [-0.3, -0.25) is 9.36 Å². The van der Waals surface area contributed by atoms with Crippen LogP contribution in [-0.4, -0.2) is 22.1 Å². The van der Waals surface area contributed by atoms with Crippen LogP contribution < -0.4 is 4.74 Å². The molecule has 1 heterocycles. The van der Waals surface area contributed by atoms with E-state index in [0.717, 1.165) is 22.3 Å². The lowest BCUT2D eigenvalue weighted by Gasteiger charge is -2.10. The number of carbonyl (C=O) groups is 1. The van der Waals surface area contributed by atoms with Crippen LogP contribution >= 0.6 is 11.8 Å². The molecular formula is C24H22N2O2S. The second-order valence-electron chi connectivity index (χ2n) is 6.99. The third kappa shape index (κ3) is 4.51. The fourth-order valence-corrected chi connectivity index (χ4v) is 4.00. The molecule has 0 bridgehead atoms. The van der Waals surface area contributed by atoms with Gasteiger partial charge in [0.2, 0.25) is 0 Å². The zero-order valence-electron chi connectivity index (χ0n) is 16.5. The summed E-state index contributed by atoms with van der Waals surface area (Å²) in [7, 11) is 0. The lowest BCUT2D eigenvalue weighted by atomic mass is 10.2. The van der Waals surface area contributed by atoms with Gasteiger partial charge in [-0.2, -0.15) is 0 Å². The van der Waals surface area contributed by atoms with E-state index in [-0.39, 0.29) is 12.5 Å². The van der Waals surface area contributed by atoms with Gasteiger partial charge in [-0.15, -0.1) is 0 Å². The number of aryl methyl sites for hydroxylation is 2. The molecule has 0 atom stereocenters. The molecule has 0 saturated carbocycles. The maximum atomic E-state index is 13.0. The number of fused-ring (bicyclic) bond motifs is 1. The van der Waals surface area contributed by atoms with Crippen molar-refractivity contribution in [2.75, 3.05) is 6.61 Å². The van der Waals surface area contributed by atoms with Gasteiger partial charge in [0.15, 0.2) is 11.8 Å². The molecule has 4 aromatic rings. The highest BCUT2D eigenvalue weighted by molar-refractivity contribution is 7.98. The monoisotopic (exact) mass is 402 g/mol. The van der Waals surface area contributed by atoms with Crippen molar-refractivity contribution in [1.29, 1.82) is 0 Å². The molecule has 0 saturated heterocycles. The number of carbonyl (C=O) groups excluding carboxylic acids is 1. The van der Waals surface area contributed by atoms with E-state index in [4.69, 9.17) is 4.74 Å². The van der Waals surface area contributed by atoms with E-state index in [2.05, 4.69) is 36.2 Å². The van der Waals surface area contributed by atoms with Crippen LogP contribution in [0, 0.1) is 13.8 Å². The Morgan fingerprint density at radius 2 is 1.59 bits per heavy atom. The minimum absolute atomic E-state index is 0.0402. The number of aromatic nitrogens is 2. The highest BCUT2D eigenvalue weighted by Gasteiger charge is 2.18. The number of imidazole rings is 1. The Morgan fingerprint density at radius 3 is 2.31 bits per heavy atom. The lowest BCUT2D eigenvalue weighted by Crippen LogP contribution is -2.20. The third-order valence-electron chi connectivity index (χ3n) is 4.65. The molecular weight excluding hydrogens is 380 g/mol. The third-order valence-corrected chi connectivity index (χ3v) is 5.66. The predicted octanol–water partition coefficient (Wildman–Crippen LogP) is 5.66. The Bertz CT molecular complexity index is 1130. The highest BCUT2D eigenvalue weighted by Crippen LogP contribution is 2.27. The summed E-state index contributed by atoms with van der Waals surface area (Å²) in [5.41, 5.74) is 5.19. The average Bonchev–Trinajstić information content (AvgIpc) is 3.11. The second-order valence-corrected chi connectivity index (χ2v) is 7.93. The van der Waals surface area contributed by atoms with Crippen LogP contribution in [0.1, 0.15) is 21.5 Å². The normalized spacial score (nSPS) is 11.0. The molecule has 0 amide bonds. The van der Waals surface area contributed by atoms with Crippen LogP contribution in [0.2, 0.25) is 0 Å². The molecule has 5 heteroatoms. The molecule has 4 rings (SSSR count). The summed E-state index contributed by atoms with van der Waals surface area (Å²) in [5.74, 6) is 1.29. The first-order valence-corrected chi connectivity index (χ1v) is 10.5. The van der Waals surface area contributed by atoms with Crippen molar-refractivity contribution < 1.29 is 9.53 Å². The van der Waals surface area contributed by atoms with E-state index in [0.29, 0.717) is 10.9 Å². The first kappa shape index (κ1) is 19.3. The van der Waals surface area contributed by atoms with E-state index in [1.165, 1.54) is 11.1 Å². The molecule has 0 spiro atoms. The summed E-state index contributed by atoms with van der Waals surface area (Å²) in [4.78, 5) is 17.7. The predicted molar refractivity (Wildman–Crippen MR) is 118 cm³/mol. The number of para-hydroxylation sites is 2. The quantitative estimate of drug-likeness (QED) is 0.390. The molecule has 29 heavy (non-hydrogen) atoms. The van der Waals surface area contributed by atoms with Crippen LogP contribution in [-0.2, 0) is 5.75 Å². The van der Waals surface area contributed by atoms with E-state index in [1.54, 1.807) is 16.3 Å². The first-order chi connectivity index (χ1) is 14.1. The van der Waals surface area contributed by atoms with Crippen molar-refractivity contribution in [3.63, 3.8) is 0 Å². The van der Waals surface area contributed by atoms with Crippen LogP contribution in [0.3, 0.4) is 0 Å². The van der Waals surface area contributed by atoms with Gasteiger partial charge >= 0.3 is 0 Å². The molecule has 0 aliphatic heterocycles. The van der Waals surface area contributed by atoms with Crippen molar-refractivity contribution >= 4 is 28.7 Å². The summed E-state index contributed by atoms with van der Waals surface area (Å²) in [6.07, 6.45) is 0. The van der Waals surface area contributed by atoms with Crippen molar-refractivity contribution in [1.82, 2.24) is 9.55 Å². The molecule has 0 aliphatic rings. The van der Waals surface area contributed by atoms with Crippen molar-refractivity contribution in [2.45, 2.75) is 24.8 Å². The number of nitrogens with zero attached hydrogens (tertiary/aromatic N) is 2. The van der Waals surface area contributed by atoms with Crippen molar-refractivity contribution in [3.8, 4) is 5.75 Å². The van der Waals surface area contributed by atoms with Crippen LogP contribution in [0.4, 0.5) is 0 Å². The molecule has 4 nitrogen and oxygen atoms in total. The van der Waals surface area contributed by atoms with Gasteiger partial charge in [0.25, 0.3) is 5.91 Å². The molecule has 0 N–H and O–H groups in total. The standard InChI is InChI=1S/C24H22N2O2S/c1-17-7-11-19(12-8-17)16-29-24-25-21-5-3-4-6-22(21)26(24)23(27)15-28-20-13-9-18(2)10-14-20/h3-14H,15-16H2,1-2H3. The van der Waals surface area contributed by atoms with Gasteiger partial charge in [0.05, 0.1) is 11.0 Å². The number of hydrogen-bond donors (Lipinski definition) is 0. The zero-order valence-corrected chi connectivity index (χ0v) is 17.3. The zero-order chi connectivity index (χ0) is 20.2. The molecule has 0 aliphatic carbocycles. The summed E-state index contributed by atoms with van der Waals surface area (Å²) >= 11 is 1.56. The summed E-state index contributed by atoms with van der Waals surface area (Å²) in [5, 5.41) is 0.685. The Balaban J connectivity index is 1.56. The van der Waals surface area contributed by atoms with E-state index < -0.39 is 0 Å².